The molecular weight excluding hydrogens is 386 g/mol. The lowest BCUT2D eigenvalue weighted by Crippen LogP contribution is -2.52. The van der Waals surface area contributed by atoms with Crippen molar-refractivity contribution < 1.29 is 24.3 Å². The van der Waals surface area contributed by atoms with Crippen molar-refractivity contribution in [1.29, 1.82) is 0 Å². The van der Waals surface area contributed by atoms with E-state index in [4.69, 9.17) is 5.11 Å². The van der Waals surface area contributed by atoms with Gasteiger partial charge in [0.15, 0.2) is 0 Å². The van der Waals surface area contributed by atoms with Crippen LogP contribution in [0.3, 0.4) is 0 Å². The van der Waals surface area contributed by atoms with E-state index in [0.717, 1.165) is 5.56 Å². The van der Waals surface area contributed by atoms with Crippen molar-refractivity contribution >= 4 is 29.3 Å². The smallest absolute Gasteiger partial charge is 0.255 e. The number of piperidine rings is 1. The quantitative estimate of drug-likeness (QED) is 0.645. The van der Waals surface area contributed by atoms with Crippen LogP contribution in [0.4, 0.5) is 5.69 Å². The van der Waals surface area contributed by atoms with Gasteiger partial charge in [-0.05, 0) is 54.3 Å². The van der Waals surface area contributed by atoms with E-state index in [1.807, 2.05) is 12.1 Å². The molecule has 1 saturated heterocycles. The molecule has 0 aliphatic carbocycles. The summed E-state index contributed by atoms with van der Waals surface area (Å²) < 4.78 is 0. The van der Waals surface area contributed by atoms with E-state index in [0.29, 0.717) is 35.2 Å². The summed E-state index contributed by atoms with van der Waals surface area (Å²) in [6, 6.07) is 11.4. The highest BCUT2D eigenvalue weighted by atomic mass is 16.3. The van der Waals surface area contributed by atoms with Crippen molar-refractivity contribution in [2.45, 2.75) is 31.8 Å². The number of amides is 4. The van der Waals surface area contributed by atoms with Gasteiger partial charge in [-0.2, -0.15) is 0 Å². The third-order valence-corrected chi connectivity index (χ3v) is 5.40. The first-order chi connectivity index (χ1) is 14.5. The molecule has 1 atom stereocenters. The van der Waals surface area contributed by atoms with Crippen LogP contribution in [0, 0.1) is 0 Å². The average molecular weight is 407 g/mol. The second kappa shape index (κ2) is 8.08. The van der Waals surface area contributed by atoms with Gasteiger partial charge in [-0.15, -0.1) is 0 Å². The van der Waals surface area contributed by atoms with E-state index >= 15 is 0 Å². The Labute approximate surface area is 172 Å². The van der Waals surface area contributed by atoms with Gasteiger partial charge in [0, 0.05) is 36.4 Å². The Kier molecular flexibility index (Phi) is 5.33. The summed E-state index contributed by atoms with van der Waals surface area (Å²) in [4.78, 5) is 50.3. The van der Waals surface area contributed by atoms with Crippen LogP contribution in [0.2, 0.25) is 0 Å². The molecular formula is C22H21N3O5. The van der Waals surface area contributed by atoms with Gasteiger partial charge < -0.3 is 15.3 Å². The van der Waals surface area contributed by atoms with Gasteiger partial charge >= 0.3 is 0 Å². The van der Waals surface area contributed by atoms with Gasteiger partial charge in [0.05, 0.1) is 0 Å². The molecule has 2 aliphatic heterocycles. The highest BCUT2D eigenvalue weighted by Crippen LogP contribution is 2.28. The Morgan fingerprint density at radius 2 is 1.90 bits per heavy atom. The Morgan fingerprint density at radius 3 is 2.60 bits per heavy atom. The van der Waals surface area contributed by atoms with E-state index < -0.39 is 11.9 Å². The number of nitrogens with one attached hydrogen (secondary N) is 2. The Bertz CT molecular complexity index is 1030. The number of hydrogen-bond acceptors (Lipinski definition) is 5. The maximum atomic E-state index is 12.7. The van der Waals surface area contributed by atoms with E-state index in [2.05, 4.69) is 10.6 Å². The van der Waals surface area contributed by atoms with Crippen LogP contribution in [-0.4, -0.2) is 46.3 Å². The molecule has 8 heteroatoms. The Morgan fingerprint density at radius 1 is 1.13 bits per heavy atom. The summed E-state index contributed by atoms with van der Waals surface area (Å²) in [6.45, 7) is 0.285. The molecule has 4 amide bonds. The average Bonchev–Trinajstić information content (AvgIpc) is 3.05. The third-order valence-electron chi connectivity index (χ3n) is 5.40. The fraction of sp³-hybridized carbons (Fsp3) is 0.273. The minimum atomic E-state index is -0.683. The number of anilines is 1. The van der Waals surface area contributed by atoms with Gasteiger partial charge in [-0.1, -0.05) is 12.1 Å². The van der Waals surface area contributed by atoms with Crippen LogP contribution in [-0.2, 0) is 22.6 Å². The Balaban J connectivity index is 1.47. The van der Waals surface area contributed by atoms with Crippen molar-refractivity contribution in [3.05, 3.63) is 64.7 Å². The largest absolute Gasteiger partial charge is 0.396 e. The van der Waals surface area contributed by atoms with Crippen LogP contribution in [0.15, 0.2) is 42.5 Å². The van der Waals surface area contributed by atoms with Gasteiger partial charge in [-0.3, -0.25) is 24.5 Å². The SMILES string of the molecule is O=C1CCC(N2Cc3cc(C(=O)Nc4ccc(CCO)cc4)ccc3C2=O)C(=O)N1. The van der Waals surface area contributed by atoms with Crippen LogP contribution in [0.25, 0.3) is 0 Å². The zero-order chi connectivity index (χ0) is 21.3. The highest BCUT2D eigenvalue weighted by molar-refractivity contribution is 6.08. The molecule has 0 spiro atoms. The van der Waals surface area contributed by atoms with Crippen LogP contribution in [0.5, 0.6) is 0 Å². The molecule has 0 bridgehead atoms. The number of fused-ring (bicyclic) bond motifs is 1. The predicted molar refractivity (Wildman–Crippen MR) is 108 cm³/mol. The summed E-state index contributed by atoms with van der Waals surface area (Å²) in [6.07, 6.45) is 1.04. The molecule has 0 saturated carbocycles. The van der Waals surface area contributed by atoms with E-state index in [1.165, 1.54) is 4.90 Å². The minimum absolute atomic E-state index is 0.0649. The first-order valence-electron chi connectivity index (χ1n) is 9.75. The lowest BCUT2D eigenvalue weighted by Gasteiger charge is -2.29. The molecule has 4 rings (SSSR count). The molecule has 2 aliphatic rings. The number of rotatable bonds is 5. The maximum Gasteiger partial charge on any atom is 0.255 e. The molecule has 2 heterocycles. The Hall–Kier alpha value is -3.52. The maximum absolute atomic E-state index is 12.7. The number of carbonyl (C=O) groups excluding carboxylic acids is 4. The topological polar surface area (TPSA) is 116 Å². The zero-order valence-corrected chi connectivity index (χ0v) is 16.2. The van der Waals surface area contributed by atoms with Gasteiger partial charge in [0.2, 0.25) is 11.8 Å². The lowest BCUT2D eigenvalue weighted by atomic mass is 10.0. The fourth-order valence-corrected chi connectivity index (χ4v) is 3.80. The second-order valence-electron chi connectivity index (χ2n) is 7.40. The monoisotopic (exact) mass is 407 g/mol. The van der Waals surface area contributed by atoms with Crippen LogP contribution >= 0.6 is 0 Å². The molecule has 0 radical (unpaired) electrons. The summed E-state index contributed by atoms with van der Waals surface area (Å²) in [5.74, 6) is -1.37. The summed E-state index contributed by atoms with van der Waals surface area (Å²) >= 11 is 0. The number of benzene rings is 2. The fourth-order valence-electron chi connectivity index (χ4n) is 3.80. The van der Waals surface area contributed by atoms with Crippen molar-refractivity contribution in [2.75, 3.05) is 11.9 Å². The predicted octanol–water partition coefficient (Wildman–Crippen LogP) is 1.23. The molecule has 0 aromatic heterocycles. The summed E-state index contributed by atoms with van der Waals surface area (Å²) in [5.41, 5.74) is 3.15. The third kappa shape index (κ3) is 3.81. The van der Waals surface area contributed by atoms with E-state index in [-0.39, 0.29) is 37.3 Å². The first-order valence-corrected chi connectivity index (χ1v) is 9.75. The van der Waals surface area contributed by atoms with Crippen molar-refractivity contribution in [3.8, 4) is 0 Å². The van der Waals surface area contributed by atoms with Crippen LogP contribution in [0.1, 0.15) is 44.7 Å². The van der Waals surface area contributed by atoms with Gasteiger partial charge in [0.25, 0.3) is 11.8 Å². The molecule has 2 aromatic rings. The van der Waals surface area contributed by atoms with E-state index in [1.54, 1.807) is 30.3 Å². The number of hydrogen-bond donors (Lipinski definition) is 3. The van der Waals surface area contributed by atoms with E-state index in [9.17, 15) is 19.2 Å². The van der Waals surface area contributed by atoms with Crippen molar-refractivity contribution in [1.82, 2.24) is 10.2 Å². The second-order valence-corrected chi connectivity index (χ2v) is 7.40. The molecule has 1 fully saturated rings. The number of aliphatic hydroxyl groups is 1. The van der Waals surface area contributed by atoms with Crippen molar-refractivity contribution in [3.63, 3.8) is 0 Å². The van der Waals surface area contributed by atoms with Crippen molar-refractivity contribution in [2.24, 2.45) is 0 Å². The minimum Gasteiger partial charge on any atom is -0.396 e. The van der Waals surface area contributed by atoms with Crippen LogP contribution < -0.4 is 10.6 Å². The van der Waals surface area contributed by atoms with Gasteiger partial charge in [0.1, 0.15) is 6.04 Å². The standard InChI is InChI=1S/C22H21N3O5/c26-10-9-13-1-4-16(5-2-13)23-20(28)14-3-6-17-15(11-14)12-25(22(17)30)18-7-8-19(27)24-21(18)29/h1-6,11,18,26H,7-10,12H2,(H,23,28)(H,24,27,29). The molecule has 2 aromatic carbocycles. The normalized spacial score (nSPS) is 18.2. The number of nitrogens with zero attached hydrogens (tertiary/aromatic N) is 1. The molecule has 8 nitrogen and oxygen atoms in total. The molecule has 1 unspecified atom stereocenters. The zero-order valence-electron chi connectivity index (χ0n) is 16.2. The summed E-state index contributed by atoms with van der Waals surface area (Å²) in [5, 5.41) is 14.1. The first kappa shape index (κ1) is 19.8. The summed E-state index contributed by atoms with van der Waals surface area (Å²) in [7, 11) is 0. The number of aliphatic hydroxyl groups excluding tert-OH is 1. The molecule has 30 heavy (non-hydrogen) atoms. The lowest BCUT2D eigenvalue weighted by molar-refractivity contribution is -0.136. The number of carbonyl (C=O) groups is 4. The molecule has 3 N–H and O–H groups in total. The highest BCUT2D eigenvalue weighted by Gasteiger charge is 2.39. The van der Waals surface area contributed by atoms with Gasteiger partial charge in [-0.25, -0.2) is 0 Å². The number of imide groups is 1. The molecule has 154 valence electrons.